The summed E-state index contributed by atoms with van der Waals surface area (Å²) in [5, 5.41) is 3.32. The van der Waals surface area contributed by atoms with Crippen LogP contribution in [0.4, 0.5) is 10.1 Å². The number of hydrogen-bond acceptors (Lipinski definition) is 6. The number of hydrogen-bond donors (Lipinski definition) is 2. The van der Waals surface area contributed by atoms with Crippen molar-refractivity contribution in [2.45, 2.75) is 38.8 Å². The summed E-state index contributed by atoms with van der Waals surface area (Å²) in [7, 11) is 0. The fourth-order valence-corrected chi connectivity index (χ4v) is 4.62. The van der Waals surface area contributed by atoms with Crippen molar-refractivity contribution < 1.29 is 9.18 Å². The molecule has 0 bridgehead atoms. The quantitative estimate of drug-likeness (QED) is 0.578. The molecular formula is C24H26ClFN6O2. The van der Waals surface area contributed by atoms with Crippen molar-refractivity contribution in [3.63, 3.8) is 0 Å². The van der Waals surface area contributed by atoms with Crippen molar-refractivity contribution in [3.8, 4) is 0 Å². The van der Waals surface area contributed by atoms with Crippen LogP contribution in [0.5, 0.6) is 0 Å². The van der Waals surface area contributed by atoms with E-state index in [1.165, 1.54) is 6.42 Å². The molecule has 1 saturated carbocycles. The number of H-pyrrole nitrogens is 1. The van der Waals surface area contributed by atoms with Gasteiger partial charge in [-0.15, -0.1) is 0 Å². The summed E-state index contributed by atoms with van der Waals surface area (Å²) in [6, 6.07) is 5.56. The van der Waals surface area contributed by atoms with E-state index in [0.29, 0.717) is 22.8 Å². The monoisotopic (exact) mass is 484 g/mol. The maximum absolute atomic E-state index is 15.1. The average Bonchev–Trinajstić information content (AvgIpc) is 2.81. The number of aryl methyl sites for hydroxylation is 1. The lowest BCUT2D eigenvalue weighted by molar-refractivity contribution is 0.0912. The highest BCUT2D eigenvalue weighted by Gasteiger charge is 2.23. The molecule has 2 fully saturated rings. The van der Waals surface area contributed by atoms with Gasteiger partial charge < -0.3 is 15.2 Å². The molecule has 0 unspecified atom stereocenters. The Hall–Kier alpha value is -3.04. The topological polar surface area (TPSA) is 94.2 Å². The number of carbonyl (C=O) groups is 1. The van der Waals surface area contributed by atoms with Crippen LogP contribution in [0.1, 0.15) is 41.0 Å². The smallest absolute Gasteiger partial charge is 0.270 e. The van der Waals surface area contributed by atoms with Crippen molar-refractivity contribution in [2.24, 2.45) is 0 Å². The number of halogens is 2. The molecule has 2 aliphatic rings. The molecule has 3 aromatic rings. The first-order valence-electron chi connectivity index (χ1n) is 11.5. The van der Waals surface area contributed by atoms with Gasteiger partial charge in [0.1, 0.15) is 22.4 Å². The zero-order chi connectivity index (χ0) is 23.8. The average molecular weight is 485 g/mol. The molecule has 0 spiro atoms. The highest BCUT2D eigenvalue weighted by atomic mass is 35.5. The highest BCUT2D eigenvalue weighted by Crippen LogP contribution is 2.27. The molecule has 0 radical (unpaired) electrons. The predicted molar refractivity (Wildman–Crippen MR) is 129 cm³/mol. The lowest BCUT2D eigenvalue weighted by Crippen LogP contribution is -2.46. The van der Waals surface area contributed by atoms with Crippen LogP contribution in [-0.4, -0.2) is 58.0 Å². The molecule has 8 nitrogen and oxygen atoms in total. The molecule has 2 aromatic heterocycles. The van der Waals surface area contributed by atoms with Gasteiger partial charge in [0.25, 0.3) is 11.5 Å². The van der Waals surface area contributed by atoms with Gasteiger partial charge in [0, 0.05) is 44.3 Å². The Morgan fingerprint density at radius 3 is 2.68 bits per heavy atom. The Balaban J connectivity index is 1.22. The van der Waals surface area contributed by atoms with Gasteiger partial charge in [-0.05, 0) is 44.4 Å². The molecule has 1 saturated heterocycles. The van der Waals surface area contributed by atoms with E-state index in [-0.39, 0.29) is 28.7 Å². The van der Waals surface area contributed by atoms with E-state index in [4.69, 9.17) is 11.6 Å². The summed E-state index contributed by atoms with van der Waals surface area (Å²) >= 11 is 6.34. The minimum absolute atomic E-state index is 0.0456. The number of piperazine rings is 1. The Kier molecular flexibility index (Phi) is 6.22. The van der Waals surface area contributed by atoms with Crippen molar-refractivity contribution >= 4 is 34.2 Å². The van der Waals surface area contributed by atoms with Gasteiger partial charge in [-0.1, -0.05) is 11.6 Å². The molecule has 5 rings (SSSR count). The molecule has 1 amide bonds. The van der Waals surface area contributed by atoms with Crippen LogP contribution in [0.25, 0.3) is 11.0 Å². The standard InChI is InChI=1S/C24H26ClFN6O2/c1-14-23(33)30-22-20(26)15(11-18(25)21(22)28-14)13-31-7-9-32(10-8-31)17-5-6-19(27-12-17)24(34)29-16-3-2-4-16/h5-6,11-12,16H,2-4,7-10,13H2,1H3,(H,29,34)(H,30,33). The van der Waals surface area contributed by atoms with Crippen molar-refractivity contribution in [2.75, 3.05) is 31.1 Å². The lowest BCUT2D eigenvalue weighted by Gasteiger charge is -2.36. The number of carbonyl (C=O) groups excluding carboxylic acids is 1. The maximum atomic E-state index is 15.1. The van der Waals surface area contributed by atoms with E-state index in [1.54, 1.807) is 25.3 Å². The molecule has 0 atom stereocenters. The molecule has 3 heterocycles. The van der Waals surface area contributed by atoms with E-state index < -0.39 is 11.4 Å². The van der Waals surface area contributed by atoms with Crippen LogP contribution < -0.4 is 15.8 Å². The van der Waals surface area contributed by atoms with Crippen molar-refractivity contribution in [1.82, 2.24) is 25.2 Å². The number of rotatable bonds is 5. The fourth-order valence-electron chi connectivity index (χ4n) is 4.35. The number of fused-ring (bicyclic) bond motifs is 1. The normalized spacial score (nSPS) is 17.1. The van der Waals surface area contributed by atoms with Crippen LogP contribution in [0, 0.1) is 12.7 Å². The summed E-state index contributed by atoms with van der Waals surface area (Å²) in [6.07, 6.45) is 4.98. The Morgan fingerprint density at radius 1 is 1.26 bits per heavy atom. The Bertz CT molecular complexity index is 1280. The highest BCUT2D eigenvalue weighted by molar-refractivity contribution is 6.35. The third-order valence-electron chi connectivity index (χ3n) is 6.66. The number of pyridine rings is 1. The molecule has 1 aromatic carbocycles. The number of aromatic nitrogens is 3. The van der Waals surface area contributed by atoms with Crippen LogP contribution in [0.2, 0.25) is 5.02 Å². The van der Waals surface area contributed by atoms with Crippen LogP contribution in [0.3, 0.4) is 0 Å². The second kappa shape index (κ2) is 9.31. The first-order valence-corrected chi connectivity index (χ1v) is 11.9. The molecule has 2 N–H and O–H groups in total. The summed E-state index contributed by atoms with van der Waals surface area (Å²) in [6.45, 7) is 4.88. The van der Waals surface area contributed by atoms with E-state index >= 15 is 4.39 Å². The molecule has 178 valence electrons. The van der Waals surface area contributed by atoms with Crippen molar-refractivity contribution in [3.05, 3.63) is 62.5 Å². The number of nitrogens with zero attached hydrogens (tertiary/aromatic N) is 4. The zero-order valence-electron chi connectivity index (χ0n) is 18.9. The first kappa shape index (κ1) is 22.7. The molecule has 1 aliphatic carbocycles. The Labute approximate surface area is 201 Å². The number of benzene rings is 1. The molecular weight excluding hydrogens is 459 g/mol. The van der Waals surface area contributed by atoms with Crippen LogP contribution in [-0.2, 0) is 6.54 Å². The van der Waals surface area contributed by atoms with Gasteiger partial charge in [0.05, 0.1) is 16.9 Å². The third-order valence-corrected chi connectivity index (χ3v) is 6.95. The van der Waals surface area contributed by atoms with Crippen LogP contribution >= 0.6 is 11.6 Å². The van der Waals surface area contributed by atoms with Gasteiger partial charge in [-0.25, -0.2) is 14.4 Å². The SMILES string of the molecule is Cc1nc2c(Cl)cc(CN3CCN(c4ccc(C(=O)NC5CCC5)nc4)CC3)c(F)c2[nH]c1=O. The zero-order valence-corrected chi connectivity index (χ0v) is 19.7. The molecule has 10 heteroatoms. The van der Waals surface area contributed by atoms with Crippen LogP contribution in [0.15, 0.2) is 29.2 Å². The van der Waals surface area contributed by atoms with Gasteiger partial charge in [0.15, 0.2) is 5.82 Å². The Morgan fingerprint density at radius 2 is 2.03 bits per heavy atom. The molecule has 34 heavy (non-hydrogen) atoms. The fraction of sp³-hybridized carbons (Fsp3) is 0.417. The van der Waals surface area contributed by atoms with E-state index in [2.05, 4.69) is 30.1 Å². The van der Waals surface area contributed by atoms with Gasteiger partial charge in [0.2, 0.25) is 0 Å². The van der Waals surface area contributed by atoms with Gasteiger partial charge in [-0.2, -0.15) is 0 Å². The second-order valence-electron chi connectivity index (χ2n) is 8.97. The number of amides is 1. The largest absolute Gasteiger partial charge is 0.368 e. The summed E-state index contributed by atoms with van der Waals surface area (Å²) in [5.74, 6) is -0.616. The predicted octanol–water partition coefficient (Wildman–Crippen LogP) is 3.02. The molecule has 1 aliphatic heterocycles. The summed E-state index contributed by atoms with van der Waals surface area (Å²) in [5.41, 5.74) is 1.95. The van der Waals surface area contributed by atoms with E-state index in [9.17, 15) is 9.59 Å². The van der Waals surface area contributed by atoms with Gasteiger partial charge in [-0.3, -0.25) is 14.5 Å². The van der Waals surface area contributed by atoms with Crippen molar-refractivity contribution in [1.29, 1.82) is 0 Å². The maximum Gasteiger partial charge on any atom is 0.270 e. The second-order valence-corrected chi connectivity index (χ2v) is 9.38. The summed E-state index contributed by atoms with van der Waals surface area (Å²) in [4.78, 5) is 39.6. The minimum atomic E-state index is -0.494. The number of nitrogens with one attached hydrogen (secondary N) is 2. The minimum Gasteiger partial charge on any atom is -0.368 e. The summed E-state index contributed by atoms with van der Waals surface area (Å²) < 4.78 is 15.1. The first-order chi connectivity index (χ1) is 16.4. The van der Waals surface area contributed by atoms with E-state index in [1.807, 2.05) is 6.07 Å². The lowest BCUT2D eigenvalue weighted by atomic mass is 9.93. The number of aromatic amines is 1. The van der Waals surface area contributed by atoms with E-state index in [0.717, 1.165) is 44.7 Å². The number of anilines is 1. The van der Waals surface area contributed by atoms with Gasteiger partial charge >= 0.3 is 0 Å². The third kappa shape index (κ3) is 4.50.